The van der Waals surface area contributed by atoms with Gasteiger partial charge in [0.15, 0.2) is 10.8 Å². The number of imidazole rings is 1. The van der Waals surface area contributed by atoms with Crippen LogP contribution in [-0.2, 0) is 0 Å². The summed E-state index contributed by atoms with van der Waals surface area (Å²) in [6, 6.07) is 11.6. The molecule has 1 aromatic carbocycles. The van der Waals surface area contributed by atoms with Gasteiger partial charge in [-0.15, -0.1) is 28.3 Å². The van der Waals surface area contributed by atoms with Gasteiger partial charge in [-0.1, -0.05) is 23.7 Å². The Hall–Kier alpha value is -1.41. The minimum Gasteiger partial charge on any atom is -0.330 e. The zero-order valence-electron chi connectivity index (χ0n) is 13.0. The molecule has 0 saturated carbocycles. The van der Waals surface area contributed by atoms with Crippen LogP contribution < -0.4 is 5.32 Å². The zero-order chi connectivity index (χ0) is 16.7. The third-order valence-corrected chi connectivity index (χ3v) is 5.35. The summed E-state index contributed by atoms with van der Waals surface area (Å²) in [7, 11) is 0. The molecule has 4 rings (SSSR count). The Kier molecular flexibility index (Phi) is 5.48. The SMILES string of the molecule is Br.Cc1nc2c(Br)cccn2c1-c1csc(Nc2ccccc2Cl)n1. The number of aryl methyl sites for hydroxylation is 1. The van der Waals surface area contributed by atoms with Crippen molar-refractivity contribution in [3.05, 3.63) is 63.2 Å². The molecular weight excluding hydrogens is 488 g/mol. The van der Waals surface area contributed by atoms with Crippen molar-refractivity contribution in [3.63, 3.8) is 0 Å². The molecule has 1 N–H and O–H groups in total. The van der Waals surface area contributed by atoms with Gasteiger partial charge in [-0.05, 0) is 47.1 Å². The molecule has 3 aromatic heterocycles. The molecule has 0 amide bonds. The quantitative estimate of drug-likeness (QED) is 0.349. The van der Waals surface area contributed by atoms with E-state index in [1.165, 1.54) is 11.3 Å². The number of nitrogens with zero attached hydrogens (tertiary/aromatic N) is 3. The lowest BCUT2D eigenvalue weighted by molar-refractivity contribution is 1.17. The molecular formula is C17H13Br2ClN4S. The predicted molar refractivity (Wildman–Crippen MR) is 114 cm³/mol. The fraction of sp³-hybridized carbons (Fsp3) is 0.0588. The van der Waals surface area contributed by atoms with Crippen LogP contribution in [0.5, 0.6) is 0 Å². The van der Waals surface area contributed by atoms with E-state index in [-0.39, 0.29) is 17.0 Å². The second-order valence-corrected chi connectivity index (χ2v) is 7.36. The number of para-hydroxylation sites is 1. The van der Waals surface area contributed by atoms with Crippen molar-refractivity contribution < 1.29 is 0 Å². The second-order valence-electron chi connectivity index (χ2n) is 5.24. The number of anilines is 2. The highest BCUT2D eigenvalue weighted by Gasteiger charge is 2.15. The van der Waals surface area contributed by atoms with Gasteiger partial charge in [0.1, 0.15) is 5.69 Å². The lowest BCUT2D eigenvalue weighted by atomic mass is 10.3. The van der Waals surface area contributed by atoms with Gasteiger partial charge in [0.2, 0.25) is 0 Å². The number of hydrogen-bond donors (Lipinski definition) is 1. The Morgan fingerprint density at radius 2 is 1.96 bits per heavy atom. The highest BCUT2D eigenvalue weighted by atomic mass is 79.9. The summed E-state index contributed by atoms with van der Waals surface area (Å²) in [4.78, 5) is 9.34. The van der Waals surface area contributed by atoms with Crippen molar-refractivity contribution in [2.75, 3.05) is 5.32 Å². The largest absolute Gasteiger partial charge is 0.330 e. The van der Waals surface area contributed by atoms with E-state index in [1.807, 2.05) is 59.3 Å². The van der Waals surface area contributed by atoms with Gasteiger partial charge in [-0.3, -0.25) is 4.40 Å². The van der Waals surface area contributed by atoms with Crippen molar-refractivity contribution in [3.8, 4) is 11.4 Å². The Morgan fingerprint density at radius 3 is 2.76 bits per heavy atom. The highest BCUT2D eigenvalue weighted by molar-refractivity contribution is 9.10. The molecule has 0 radical (unpaired) electrons. The van der Waals surface area contributed by atoms with Gasteiger partial charge in [0, 0.05) is 11.6 Å². The molecule has 128 valence electrons. The fourth-order valence-corrected chi connectivity index (χ4v) is 3.90. The average molecular weight is 501 g/mol. The van der Waals surface area contributed by atoms with Crippen LogP contribution in [0.25, 0.3) is 17.0 Å². The lowest BCUT2D eigenvalue weighted by Crippen LogP contribution is -1.92. The number of nitrogens with one attached hydrogen (secondary N) is 1. The Morgan fingerprint density at radius 1 is 1.16 bits per heavy atom. The number of halogens is 3. The highest BCUT2D eigenvalue weighted by Crippen LogP contribution is 2.32. The van der Waals surface area contributed by atoms with E-state index in [9.17, 15) is 0 Å². The monoisotopic (exact) mass is 498 g/mol. The molecule has 4 nitrogen and oxygen atoms in total. The van der Waals surface area contributed by atoms with Crippen LogP contribution in [0.3, 0.4) is 0 Å². The molecule has 0 atom stereocenters. The number of hydrogen-bond acceptors (Lipinski definition) is 4. The maximum Gasteiger partial charge on any atom is 0.187 e. The second kappa shape index (κ2) is 7.45. The summed E-state index contributed by atoms with van der Waals surface area (Å²) < 4.78 is 3.01. The van der Waals surface area contributed by atoms with E-state index >= 15 is 0 Å². The van der Waals surface area contributed by atoms with Crippen LogP contribution in [0, 0.1) is 6.92 Å². The molecule has 8 heteroatoms. The fourth-order valence-electron chi connectivity index (χ4n) is 2.57. The van der Waals surface area contributed by atoms with E-state index in [1.54, 1.807) is 0 Å². The molecule has 0 aliphatic rings. The molecule has 0 fully saturated rings. The maximum absolute atomic E-state index is 6.20. The van der Waals surface area contributed by atoms with Crippen molar-refractivity contribution in [2.45, 2.75) is 6.92 Å². The van der Waals surface area contributed by atoms with Crippen molar-refractivity contribution in [1.82, 2.24) is 14.4 Å². The normalized spacial score (nSPS) is 10.7. The summed E-state index contributed by atoms with van der Waals surface area (Å²) in [5, 5.41) is 6.76. The van der Waals surface area contributed by atoms with E-state index in [4.69, 9.17) is 16.6 Å². The minimum atomic E-state index is 0. The number of rotatable bonds is 3. The van der Waals surface area contributed by atoms with E-state index < -0.39 is 0 Å². The molecule has 0 unspecified atom stereocenters. The molecule has 25 heavy (non-hydrogen) atoms. The first kappa shape index (κ1) is 18.4. The molecule has 0 aliphatic carbocycles. The molecule has 0 spiro atoms. The van der Waals surface area contributed by atoms with Gasteiger partial charge >= 0.3 is 0 Å². The van der Waals surface area contributed by atoms with Crippen LogP contribution in [0.4, 0.5) is 10.8 Å². The first-order valence-corrected chi connectivity index (χ1v) is 9.29. The van der Waals surface area contributed by atoms with Gasteiger partial charge in [0.25, 0.3) is 0 Å². The Labute approximate surface area is 172 Å². The molecule has 0 aliphatic heterocycles. The number of fused-ring (bicyclic) bond motifs is 1. The average Bonchev–Trinajstić information content (AvgIpc) is 3.14. The van der Waals surface area contributed by atoms with Crippen molar-refractivity contribution in [2.24, 2.45) is 0 Å². The van der Waals surface area contributed by atoms with Crippen LogP contribution in [0.1, 0.15) is 5.69 Å². The minimum absolute atomic E-state index is 0. The Balaban J connectivity index is 0.00000182. The molecule has 0 bridgehead atoms. The predicted octanol–water partition coefficient (Wildman–Crippen LogP) is 6.50. The maximum atomic E-state index is 6.20. The number of pyridine rings is 1. The third-order valence-electron chi connectivity index (χ3n) is 3.64. The van der Waals surface area contributed by atoms with Crippen molar-refractivity contribution >= 4 is 72.3 Å². The summed E-state index contributed by atoms with van der Waals surface area (Å²) in [5.41, 5.74) is 4.56. The van der Waals surface area contributed by atoms with E-state index in [2.05, 4.69) is 26.2 Å². The smallest absolute Gasteiger partial charge is 0.187 e. The van der Waals surface area contributed by atoms with Crippen LogP contribution in [0.2, 0.25) is 5.02 Å². The van der Waals surface area contributed by atoms with Crippen LogP contribution >= 0.6 is 55.8 Å². The molecule has 3 heterocycles. The summed E-state index contributed by atoms with van der Waals surface area (Å²) in [6.45, 7) is 2.00. The summed E-state index contributed by atoms with van der Waals surface area (Å²) >= 11 is 11.3. The van der Waals surface area contributed by atoms with Gasteiger partial charge in [0.05, 0.1) is 26.6 Å². The third kappa shape index (κ3) is 3.46. The number of aromatic nitrogens is 3. The topological polar surface area (TPSA) is 42.2 Å². The Bertz CT molecular complexity index is 1040. The van der Waals surface area contributed by atoms with Crippen LogP contribution in [-0.4, -0.2) is 14.4 Å². The van der Waals surface area contributed by atoms with E-state index in [0.717, 1.165) is 38.0 Å². The molecule has 4 aromatic rings. The standard InChI is InChI=1S/C17H12BrClN4S.BrH/c1-10-15(23-8-4-5-11(18)16(23)20-10)14-9-24-17(22-14)21-13-7-3-2-6-12(13)19;/h2-9H,1H3,(H,21,22);1H. The number of benzene rings is 1. The first-order valence-electron chi connectivity index (χ1n) is 7.24. The van der Waals surface area contributed by atoms with Crippen LogP contribution in [0.15, 0.2) is 52.4 Å². The van der Waals surface area contributed by atoms with Gasteiger partial charge < -0.3 is 5.32 Å². The van der Waals surface area contributed by atoms with Gasteiger partial charge in [-0.2, -0.15) is 0 Å². The van der Waals surface area contributed by atoms with Crippen molar-refractivity contribution in [1.29, 1.82) is 0 Å². The lowest BCUT2D eigenvalue weighted by Gasteiger charge is -2.04. The summed E-state index contributed by atoms with van der Waals surface area (Å²) in [6.07, 6.45) is 2.00. The first-order chi connectivity index (χ1) is 11.6. The number of thiazole rings is 1. The van der Waals surface area contributed by atoms with E-state index in [0.29, 0.717) is 5.02 Å². The summed E-state index contributed by atoms with van der Waals surface area (Å²) in [5.74, 6) is 0. The van der Waals surface area contributed by atoms with Gasteiger partial charge in [-0.25, -0.2) is 9.97 Å². The zero-order valence-corrected chi connectivity index (χ0v) is 17.9. The molecule has 0 saturated heterocycles.